The zero-order valence-corrected chi connectivity index (χ0v) is 27.9. The molecule has 0 unspecified atom stereocenters. The molecule has 1 aliphatic carbocycles. The molecule has 1 atom stereocenters. The Morgan fingerprint density at radius 2 is 1.84 bits per heavy atom. The molecule has 49 heavy (non-hydrogen) atoms. The van der Waals surface area contributed by atoms with Gasteiger partial charge in [-0.15, -0.1) is 0 Å². The minimum absolute atomic E-state index is 0.0360. The van der Waals surface area contributed by atoms with Crippen molar-refractivity contribution in [1.29, 1.82) is 0 Å². The smallest absolute Gasteiger partial charge is 0.404 e. The van der Waals surface area contributed by atoms with Crippen molar-refractivity contribution in [2.24, 2.45) is 0 Å². The number of hydrogen-bond donors (Lipinski definition) is 5. The van der Waals surface area contributed by atoms with Crippen LogP contribution >= 0.6 is 0 Å². The maximum Gasteiger partial charge on any atom is 0.404 e. The van der Waals surface area contributed by atoms with Crippen molar-refractivity contribution in [3.8, 4) is 17.1 Å². The zero-order chi connectivity index (χ0) is 34.7. The summed E-state index contributed by atoms with van der Waals surface area (Å²) in [6, 6.07) is 13.7. The lowest BCUT2D eigenvalue weighted by molar-refractivity contribution is 0.0893. The molecule has 14 heteroatoms. The van der Waals surface area contributed by atoms with E-state index in [0.29, 0.717) is 40.4 Å². The minimum atomic E-state index is -1.20. The number of hydrogen-bond acceptors (Lipinski definition) is 10. The molecule has 2 aromatic heterocycles. The van der Waals surface area contributed by atoms with E-state index in [1.165, 1.54) is 7.11 Å². The third-order valence-electron chi connectivity index (χ3n) is 9.08. The fourth-order valence-electron chi connectivity index (χ4n) is 6.32. The number of likely N-dealkylation sites (tertiary alicyclic amines) is 1. The Morgan fingerprint density at radius 3 is 2.55 bits per heavy atom. The molecular weight excluding hydrogens is 628 g/mol. The summed E-state index contributed by atoms with van der Waals surface area (Å²) in [7, 11) is 3.61. The third-order valence-corrected chi connectivity index (χ3v) is 9.08. The Bertz CT molecular complexity index is 1850. The van der Waals surface area contributed by atoms with Gasteiger partial charge in [0.1, 0.15) is 17.1 Å². The van der Waals surface area contributed by atoms with E-state index in [4.69, 9.17) is 14.2 Å². The first kappa shape index (κ1) is 33.4. The molecule has 0 radical (unpaired) electrons. The van der Waals surface area contributed by atoms with Gasteiger partial charge in [-0.2, -0.15) is 0 Å². The van der Waals surface area contributed by atoms with Crippen LogP contribution in [0.4, 0.5) is 16.4 Å². The fourth-order valence-corrected chi connectivity index (χ4v) is 6.32. The molecule has 2 aromatic carbocycles. The number of carboxylic acid groups (broad SMARTS) is 1. The Labute approximate surface area is 283 Å². The number of benzene rings is 2. The number of fused-ring (bicyclic) bond motifs is 3. The number of rotatable bonds is 10. The first-order valence-corrected chi connectivity index (χ1v) is 16.2. The van der Waals surface area contributed by atoms with Gasteiger partial charge in [0, 0.05) is 35.5 Å². The highest BCUT2D eigenvalue weighted by Gasteiger charge is 2.39. The molecule has 3 amide bonds. The normalized spacial score (nSPS) is 16.1. The quantitative estimate of drug-likeness (QED) is 0.163. The average Bonchev–Trinajstić information content (AvgIpc) is 3.51. The lowest BCUT2D eigenvalue weighted by Gasteiger charge is -2.30. The topological polar surface area (TPSA) is 184 Å². The Morgan fingerprint density at radius 1 is 1.08 bits per heavy atom. The molecule has 2 aliphatic rings. The predicted molar refractivity (Wildman–Crippen MR) is 181 cm³/mol. The summed E-state index contributed by atoms with van der Waals surface area (Å²) >= 11 is 0. The van der Waals surface area contributed by atoms with E-state index in [2.05, 4.69) is 43.4 Å². The third kappa shape index (κ3) is 7.33. The van der Waals surface area contributed by atoms with E-state index in [0.717, 1.165) is 37.1 Å². The number of piperidine rings is 1. The summed E-state index contributed by atoms with van der Waals surface area (Å²) in [6.45, 7) is 5.91. The van der Waals surface area contributed by atoms with E-state index < -0.39 is 23.5 Å². The van der Waals surface area contributed by atoms with Crippen molar-refractivity contribution >= 4 is 29.5 Å². The average molecular weight is 669 g/mol. The van der Waals surface area contributed by atoms with Crippen molar-refractivity contribution in [3.05, 3.63) is 82.7 Å². The first-order valence-electron chi connectivity index (χ1n) is 16.2. The van der Waals surface area contributed by atoms with Crippen LogP contribution in [0, 0.1) is 0 Å². The van der Waals surface area contributed by atoms with Crippen molar-refractivity contribution in [2.75, 3.05) is 39.1 Å². The predicted octanol–water partition coefficient (Wildman–Crippen LogP) is 4.28. The molecule has 5 N–H and O–H groups in total. The number of nitrogens with one attached hydrogen (secondary N) is 4. The van der Waals surface area contributed by atoms with E-state index in [9.17, 15) is 19.5 Å². The first-order chi connectivity index (χ1) is 23.5. The summed E-state index contributed by atoms with van der Waals surface area (Å²) in [5.74, 6) is 0.0737. The number of methoxy groups -OCH3 is 1. The Kier molecular flexibility index (Phi) is 9.49. The molecule has 0 spiro atoms. The lowest BCUT2D eigenvalue weighted by atomic mass is 9.74. The zero-order valence-electron chi connectivity index (χ0n) is 27.9. The maximum absolute atomic E-state index is 13.6. The molecule has 14 nitrogen and oxygen atoms in total. The largest absolute Gasteiger partial charge is 0.495 e. The van der Waals surface area contributed by atoms with Crippen LogP contribution in [0.2, 0.25) is 0 Å². The molecular formula is C35H40N8O6. The molecule has 1 aliphatic heterocycles. The number of ether oxygens (including phenoxy) is 1. The molecule has 1 saturated heterocycles. The van der Waals surface area contributed by atoms with Crippen LogP contribution in [-0.4, -0.2) is 82.9 Å². The van der Waals surface area contributed by atoms with Crippen molar-refractivity contribution in [2.45, 2.75) is 50.6 Å². The maximum atomic E-state index is 13.6. The summed E-state index contributed by atoms with van der Waals surface area (Å²) in [4.78, 5) is 49.5. The van der Waals surface area contributed by atoms with Crippen LogP contribution < -0.4 is 26.0 Å². The number of nitrogens with zero attached hydrogens (tertiary/aromatic N) is 4. The summed E-state index contributed by atoms with van der Waals surface area (Å²) in [5, 5.41) is 25.0. The molecule has 4 aromatic rings. The van der Waals surface area contributed by atoms with Gasteiger partial charge >= 0.3 is 6.09 Å². The summed E-state index contributed by atoms with van der Waals surface area (Å²) in [6.07, 6.45) is 2.79. The van der Waals surface area contributed by atoms with Gasteiger partial charge in [0.15, 0.2) is 0 Å². The molecule has 256 valence electrons. The van der Waals surface area contributed by atoms with E-state index >= 15 is 0 Å². The van der Waals surface area contributed by atoms with Gasteiger partial charge in [0.05, 0.1) is 18.8 Å². The van der Waals surface area contributed by atoms with Crippen molar-refractivity contribution in [3.63, 3.8) is 0 Å². The highest BCUT2D eigenvalue weighted by atomic mass is 16.5. The van der Waals surface area contributed by atoms with Gasteiger partial charge in [-0.1, -0.05) is 49.3 Å². The van der Waals surface area contributed by atoms with Crippen LogP contribution in [0.25, 0.3) is 11.4 Å². The van der Waals surface area contributed by atoms with E-state index in [-0.39, 0.29) is 30.2 Å². The van der Waals surface area contributed by atoms with Crippen LogP contribution in [0.1, 0.15) is 70.3 Å². The van der Waals surface area contributed by atoms with Gasteiger partial charge in [0.25, 0.3) is 11.8 Å². The SMILES string of the molecule is COc1cc(C(=O)NC2CCN(C)CC2)ccc1Nc1ncc2c(n1)-c1noc(C(=O)N[C@H](CNC(=O)O)c3ccccc3)c1CC2(C)C. The number of aromatic nitrogens is 3. The Hall–Kier alpha value is -5.50. The van der Waals surface area contributed by atoms with E-state index in [1.54, 1.807) is 24.4 Å². The van der Waals surface area contributed by atoms with Crippen LogP contribution in [0.5, 0.6) is 5.75 Å². The van der Waals surface area contributed by atoms with Crippen LogP contribution in [0.3, 0.4) is 0 Å². The molecule has 0 bridgehead atoms. The van der Waals surface area contributed by atoms with Crippen molar-refractivity contribution in [1.82, 2.24) is 36.0 Å². The Balaban J connectivity index is 1.23. The minimum Gasteiger partial charge on any atom is -0.495 e. The second-order valence-electron chi connectivity index (χ2n) is 13.1. The fraction of sp³-hybridized carbons (Fsp3) is 0.371. The molecule has 0 saturated carbocycles. The number of amides is 3. The van der Waals surface area contributed by atoms with Crippen LogP contribution in [0.15, 0.2) is 59.3 Å². The second kappa shape index (κ2) is 13.9. The van der Waals surface area contributed by atoms with Crippen molar-refractivity contribution < 1.29 is 28.8 Å². The molecule has 6 rings (SSSR count). The van der Waals surface area contributed by atoms with Gasteiger partial charge in [0.2, 0.25) is 11.7 Å². The van der Waals surface area contributed by atoms with Crippen LogP contribution in [-0.2, 0) is 11.8 Å². The number of anilines is 2. The monoisotopic (exact) mass is 668 g/mol. The standard InChI is InChI=1S/C35H40N8O6/c1-35(2)17-23-28(42-49-30(23)32(45)39-26(19-37-34(46)47)20-8-6-5-7-9-20)29-24(35)18-36-33(41-29)40-25-11-10-21(16-27(25)48-4)31(44)38-22-12-14-43(3)15-13-22/h5-11,16,18,22,26,37H,12-15,17,19H2,1-4H3,(H,38,44)(H,39,45)(H,46,47)(H,36,40,41)/t26-/m1/s1. The van der Waals surface area contributed by atoms with E-state index in [1.807, 2.05) is 44.2 Å². The summed E-state index contributed by atoms with van der Waals surface area (Å²) < 4.78 is 11.3. The van der Waals surface area contributed by atoms with Gasteiger partial charge in [-0.25, -0.2) is 14.8 Å². The highest BCUT2D eigenvalue weighted by molar-refractivity contribution is 5.96. The van der Waals surface area contributed by atoms with Gasteiger partial charge in [-0.05, 0) is 68.6 Å². The highest BCUT2D eigenvalue weighted by Crippen LogP contribution is 2.43. The lowest BCUT2D eigenvalue weighted by Crippen LogP contribution is -2.43. The number of carbonyl (C=O) groups is 3. The number of carbonyl (C=O) groups excluding carboxylic acids is 2. The molecule has 3 heterocycles. The van der Waals surface area contributed by atoms with Gasteiger partial charge in [-0.3, -0.25) is 9.59 Å². The van der Waals surface area contributed by atoms with Gasteiger partial charge < -0.3 is 40.5 Å². The second-order valence-corrected chi connectivity index (χ2v) is 13.1. The summed E-state index contributed by atoms with van der Waals surface area (Å²) in [5.41, 5.74) is 3.70. The molecule has 1 fully saturated rings.